The summed E-state index contributed by atoms with van der Waals surface area (Å²) in [5.41, 5.74) is 0.476. The third kappa shape index (κ3) is 3.51. The zero-order valence-electron chi connectivity index (χ0n) is 11.2. The molecule has 106 valence electrons. The van der Waals surface area contributed by atoms with E-state index in [9.17, 15) is 13.9 Å². The average Bonchev–Trinajstić information content (AvgIpc) is 2.39. The highest BCUT2D eigenvalue weighted by Gasteiger charge is 2.26. The first-order valence-corrected chi connectivity index (χ1v) is 6.93. The van der Waals surface area contributed by atoms with Gasteiger partial charge in [-0.25, -0.2) is 8.78 Å². The number of halogens is 2. The van der Waals surface area contributed by atoms with Gasteiger partial charge >= 0.3 is 0 Å². The van der Waals surface area contributed by atoms with Gasteiger partial charge in [0.05, 0.1) is 0 Å². The summed E-state index contributed by atoms with van der Waals surface area (Å²) in [6, 6.07) is 3.70. The number of rotatable bonds is 4. The molecule has 2 N–H and O–H groups in total. The summed E-state index contributed by atoms with van der Waals surface area (Å²) < 4.78 is 26.6. The van der Waals surface area contributed by atoms with Gasteiger partial charge in [-0.05, 0) is 31.7 Å². The molecule has 1 aliphatic carbocycles. The second kappa shape index (κ2) is 6.44. The van der Waals surface area contributed by atoms with E-state index in [0.29, 0.717) is 5.56 Å². The van der Waals surface area contributed by atoms with Crippen LogP contribution in [0.1, 0.15) is 44.2 Å². The van der Waals surface area contributed by atoms with Gasteiger partial charge in [0.15, 0.2) is 0 Å². The molecule has 4 heteroatoms. The van der Waals surface area contributed by atoms with Crippen molar-refractivity contribution >= 4 is 0 Å². The number of nitrogens with one attached hydrogen (secondary N) is 1. The molecule has 1 saturated carbocycles. The van der Waals surface area contributed by atoms with Crippen molar-refractivity contribution in [3.8, 4) is 0 Å². The van der Waals surface area contributed by atoms with Crippen molar-refractivity contribution in [1.29, 1.82) is 0 Å². The molecule has 2 rings (SSSR count). The largest absolute Gasteiger partial charge is 0.396 e. The van der Waals surface area contributed by atoms with Crippen molar-refractivity contribution in [3.63, 3.8) is 0 Å². The first kappa shape index (κ1) is 14.4. The van der Waals surface area contributed by atoms with Crippen LogP contribution in [-0.2, 0) is 0 Å². The Morgan fingerprint density at radius 3 is 2.74 bits per heavy atom. The van der Waals surface area contributed by atoms with Crippen molar-refractivity contribution in [2.24, 2.45) is 5.92 Å². The highest BCUT2D eigenvalue weighted by Crippen LogP contribution is 2.27. The summed E-state index contributed by atoms with van der Waals surface area (Å²) in [7, 11) is 0. The summed E-state index contributed by atoms with van der Waals surface area (Å²) in [5, 5.41) is 12.7. The quantitative estimate of drug-likeness (QED) is 0.880. The van der Waals surface area contributed by atoms with Crippen LogP contribution in [0, 0.1) is 17.6 Å². The molecule has 3 atom stereocenters. The second-order valence-electron chi connectivity index (χ2n) is 5.39. The van der Waals surface area contributed by atoms with Crippen molar-refractivity contribution in [1.82, 2.24) is 5.32 Å². The minimum atomic E-state index is -0.556. The van der Waals surface area contributed by atoms with Gasteiger partial charge in [0, 0.05) is 30.3 Å². The summed E-state index contributed by atoms with van der Waals surface area (Å²) in [6.45, 7) is 2.04. The summed E-state index contributed by atoms with van der Waals surface area (Å²) in [5.74, 6) is -0.838. The van der Waals surface area contributed by atoms with Crippen molar-refractivity contribution in [3.05, 3.63) is 35.4 Å². The maximum atomic E-state index is 13.7. The second-order valence-corrected chi connectivity index (χ2v) is 5.39. The van der Waals surface area contributed by atoms with Crippen LogP contribution in [-0.4, -0.2) is 17.8 Å². The Balaban J connectivity index is 2.05. The molecule has 0 aliphatic heterocycles. The number of hydrogen-bond donors (Lipinski definition) is 2. The molecule has 0 spiro atoms. The van der Waals surface area contributed by atoms with E-state index in [0.717, 1.165) is 31.7 Å². The van der Waals surface area contributed by atoms with Gasteiger partial charge in [0.25, 0.3) is 0 Å². The number of aliphatic hydroxyl groups excluding tert-OH is 1. The van der Waals surface area contributed by atoms with E-state index in [1.165, 1.54) is 12.1 Å². The van der Waals surface area contributed by atoms with Crippen LogP contribution in [0.25, 0.3) is 0 Å². The fourth-order valence-corrected chi connectivity index (χ4v) is 2.91. The van der Waals surface area contributed by atoms with E-state index < -0.39 is 11.6 Å². The Morgan fingerprint density at radius 2 is 2.05 bits per heavy atom. The number of hydrogen-bond acceptors (Lipinski definition) is 2. The number of benzene rings is 1. The number of aliphatic hydroxyl groups is 1. The predicted octanol–water partition coefficient (Wildman–Crippen LogP) is 3.17. The molecule has 0 radical (unpaired) electrons. The first-order chi connectivity index (χ1) is 9.11. The van der Waals surface area contributed by atoms with E-state index in [-0.39, 0.29) is 24.6 Å². The molecular weight excluding hydrogens is 248 g/mol. The maximum Gasteiger partial charge on any atom is 0.130 e. The highest BCUT2D eigenvalue weighted by molar-refractivity contribution is 5.21. The molecule has 0 bridgehead atoms. The smallest absolute Gasteiger partial charge is 0.130 e. The first-order valence-electron chi connectivity index (χ1n) is 6.93. The Kier molecular flexibility index (Phi) is 4.88. The van der Waals surface area contributed by atoms with E-state index >= 15 is 0 Å². The molecule has 0 amide bonds. The fraction of sp³-hybridized carbons (Fsp3) is 0.600. The van der Waals surface area contributed by atoms with Crippen LogP contribution < -0.4 is 5.32 Å². The van der Waals surface area contributed by atoms with Crippen molar-refractivity contribution in [2.45, 2.75) is 44.7 Å². The van der Waals surface area contributed by atoms with Gasteiger partial charge in [0.2, 0.25) is 0 Å². The maximum absolute atomic E-state index is 13.7. The molecule has 1 fully saturated rings. The van der Waals surface area contributed by atoms with Gasteiger partial charge in [-0.1, -0.05) is 18.9 Å². The lowest BCUT2D eigenvalue weighted by atomic mass is 9.84. The minimum Gasteiger partial charge on any atom is -0.396 e. The zero-order chi connectivity index (χ0) is 13.8. The molecule has 2 nitrogen and oxygen atoms in total. The summed E-state index contributed by atoms with van der Waals surface area (Å²) in [4.78, 5) is 0. The molecule has 0 saturated heterocycles. The Hall–Kier alpha value is -1.00. The monoisotopic (exact) mass is 269 g/mol. The van der Waals surface area contributed by atoms with Crippen LogP contribution in [0.3, 0.4) is 0 Å². The molecule has 0 aromatic heterocycles. The normalized spacial score (nSPS) is 25.3. The van der Waals surface area contributed by atoms with Gasteiger partial charge < -0.3 is 10.4 Å². The Morgan fingerprint density at radius 1 is 1.32 bits per heavy atom. The van der Waals surface area contributed by atoms with Crippen molar-refractivity contribution < 1.29 is 13.9 Å². The molecule has 0 heterocycles. The predicted molar refractivity (Wildman–Crippen MR) is 70.7 cm³/mol. The van der Waals surface area contributed by atoms with E-state index in [1.807, 2.05) is 6.92 Å². The van der Waals surface area contributed by atoms with Crippen molar-refractivity contribution in [2.75, 3.05) is 6.61 Å². The summed E-state index contributed by atoms with van der Waals surface area (Å²) in [6.07, 6.45) is 4.28. The molecule has 3 unspecified atom stereocenters. The van der Waals surface area contributed by atoms with Gasteiger partial charge in [-0.15, -0.1) is 0 Å². The van der Waals surface area contributed by atoms with E-state index in [4.69, 9.17) is 0 Å². The topological polar surface area (TPSA) is 32.3 Å². The van der Waals surface area contributed by atoms with Gasteiger partial charge in [-0.3, -0.25) is 0 Å². The third-order valence-electron chi connectivity index (χ3n) is 4.04. The summed E-state index contributed by atoms with van der Waals surface area (Å²) >= 11 is 0. The lowest BCUT2D eigenvalue weighted by Crippen LogP contribution is -2.41. The van der Waals surface area contributed by atoms with Crippen LogP contribution in [0.2, 0.25) is 0 Å². The van der Waals surface area contributed by atoms with Crippen LogP contribution in [0.15, 0.2) is 18.2 Å². The third-order valence-corrected chi connectivity index (χ3v) is 4.04. The average molecular weight is 269 g/mol. The van der Waals surface area contributed by atoms with Gasteiger partial charge in [0.1, 0.15) is 11.6 Å². The van der Waals surface area contributed by atoms with E-state index in [1.54, 1.807) is 0 Å². The molecular formula is C15H21F2NO. The fourth-order valence-electron chi connectivity index (χ4n) is 2.91. The lowest BCUT2D eigenvalue weighted by Gasteiger charge is -2.33. The van der Waals surface area contributed by atoms with Crippen LogP contribution in [0.4, 0.5) is 8.78 Å². The molecule has 19 heavy (non-hydrogen) atoms. The minimum absolute atomic E-state index is 0.163. The molecule has 1 aromatic rings. The van der Waals surface area contributed by atoms with Crippen LogP contribution in [0.5, 0.6) is 0 Å². The Bertz CT molecular complexity index is 425. The molecule has 1 aliphatic rings. The molecule has 1 aromatic carbocycles. The lowest BCUT2D eigenvalue weighted by molar-refractivity contribution is 0.147. The van der Waals surface area contributed by atoms with Crippen LogP contribution >= 0.6 is 0 Å². The highest BCUT2D eigenvalue weighted by atomic mass is 19.1. The van der Waals surface area contributed by atoms with E-state index in [2.05, 4.69) is 5.32 Å². The standard InChI is InChI=1S/C15H21F2NO/c1-10(13-7-6-12(16)8-14(13)17)18-15-5-3-2-4-11(15)9-19/h6-8,10-11,15,18-19H,2-5,9H2,1H3. The zero-order valence-corrected chi connectivity index (χ0v) is 11.2. The SMILES string of the molecule is CC(NC1CCCCC1CO)c1ccc(F)cc1F. The Labute approximate surface area is 112 Å². The van der Waals surface area contributed by atoms with Gasteiger partial charge in [-0.2, -0.15) is 0 Å².